The quantitative estimate of drug-likeness (QED) is 0.219. The summed E-state index contributed by atoms with van der Waals surface area (Å²) < 4.78 is 35.1. The Morgan fingerprint density at radius 3 is 2.28 bits per heavy atom. The Morgan fingerprint density at radius 1 is 0.936 bits per heavy atom. The van der Waals surface area contributed by atoms with Crippen LogP contribution in [0.5, 0.6) is 0 Å². The number of likely N-dealkylation sites (tertiary alicyclic amines) is 2. The summed E-state index contributed by atoms with van der Waals surface area (Å²) in [5.41, 5.74) is 3.71. The second-order valence-electron chi connectivity index (χ2n) is 16.3. The van der Waals surface area contributed by atoms with Crippen molar-refractivity contribution in [2.75, 3.05) is 26.2 Å². The van der Waals surface area contributed by atoms with E-state index < -0.39 is 28.2 Å². The fraction of sp³-hybridized carbons (Fsp3) is 0.641. The number of fused-ring (bicyclic) bond motifs is 1. The molecule has 2 aromatic carbocycles. The van der Waals surface area contributed by atoms with Crippen LogP contribution in [0.3, 0.4) is 0 Å². The number of benzene rings is 2. The molecular formula is C39H53ClF2N2O3. The molecule has 5 nitrogen and oxygen atoms in total. The molecule has 0 spiro atoms. The molecule has 1 aliphatic carbocycles. The number of ether oxygens (including phenoxy) is 1. The fourth-order valence-electron chi connectivity index (χ4n) is 8.03. The van der Waals surface area contributed by atoms with Gasteiger partial charge in [0.1, 0.15) is 22.3 Å². The summed E-state index contributed by atoms with van der Waals surface area (Å²) in [7, 11) is 0. The first-order chi connectivity index (χ1) is 22.0. The molecule has 0 bridgehead atoms. The van der Waals surface area contributed by atoms with E-state index in [4.69, 9.17) is 16.3 Å². The van der Waals surface area contributed by atoms with Gasteiger partial charge in [-0.3, -0.25) is 14.5 Å². The van der Waals surface area contributed by atoms with Gasteiger partial charge in [-0.25, -0.2) is 8.78 Å². The van der Waals surface area contributed by atoms with E-state index in [2.05, 4.69) is 50.8 Å². The van der Waals surface area contributed by atoms with Gasteiger partial charge in [0.2, 0.25) is 5.91 Å². The molecule has 0 N–H and O–H groups in total. The number of halogens is 3. The molecule has 3 aliphatic rings. The van der Waals surface area contributed by atoms with E-state index in [0.717, 1.165) is 32.1 Å². The minimum absolute atomic E-state index is 0.0349. The number of esters is 1. The maximum Gasteiger partial charge on any atom is 0.310 e. The number of hydrogen-bond acceptors (Lipinski definition) is 4. The number of aryl methyl sites for hydroxylation is 2. The van der Waals surface area contributed by atoms with Gasteiger partial charge < -0.3 is 9.64 Å². The van der Waals surface area contributed by atoms with Gasteiger partial charge in [-0.15, -0.1) is 0 Å². The van der Waals surface area contributed by atoms with Gasteiger partial charge in [-0.05, 0) is 133 Å². The van der Waals surface area contributed by atoms with Gasteiger partial charge in [-0.2, -0.15) is 0 Å². The first-order valence-corrected chi connectivity index (χ1v) is 17.9. The molecule has 5 rings (SSSR count). The van der Waals surface area contributed by atoms with E-state index in [0.29, 0.717) is 38.2 Å². The molecule has 0 saturated carbocycles. The highest BCUT2D eigenvalue weighted by Crippen LogP contribution is 2.40. The smallest absolute Gasteiger partial charge is 0.310 e. The first kappa shape index (κ1) is 35.8. The van der Waals surface area contributed by atoms with Crippen molar-refractivity contribution in [3.8, 4) is 0 Å². The summed E-state index contributed by atoms with van der Waals surface area (Å²) in [4.78, 5) is 32.2. The third-order valence-electron chi connectivity index (χ3n) is 10.8. The Hall–Kier alpha value is -2.51. The molecule has 258 valence electrons. The summed E-state index contributed by atoms with van der Waals surface area (Å²) in [5.74, 6) is -2.43. The average Bonchev–Trinajstić information content (AvgIpc) is 3.58. The third kappa shape index (κ3) is 8.39. The lowest BCUT2D eigenvalue weighted by Gasteiger charge is -2.32. The Balaban J connectivity index is 1.32. The molecule has 2 aromatic rings. The molecule has 1 amide bonds. The lowest BCUT2D eigenvalue weighted by atomic mass is 9.76. The van der Waals surface area contributed by atoms with E-state index in [1.54, 1.807) is 0 Å². The van der Waals surface area contributed by atoms with Crippen LogP contribution in [0.25, 0.3) is 0 Å². The van der Waals surface area contributed by atoms with Crippen molar-refractivity contribution in [1.29, 1.82) is 0 Å². The summed E-state index contributed by atoms with van der Waals surface area (Å²) in [6, 6.07) is 9.28. The third-order valence-corrected chi connectivity index (χ3v) is 11.2. The van der Waals surface area contributed by atoms with Crippen molar-refractivity contribution in [3.05, 3.63) is 69.2 Å². The number of carbonyl (C=O) groups excluding carboxylic acids is 2. The minimum atomic E-state index is -0.798. The molecule has 4 unspecified atom stereocenters. The molecule has 47 heavy (non-hydrogen) atoms. The second kappa shape index (κ2) is 14.2. The first-order valence-electron chi connectivity index (χ1n) is 17.5. The Labute approximate surface area is 285 Å². The van der Waals surface area contributed by atoms with Crippen LogP contribution in [0, 0.1) is 35.3 Å². The molecule has 5 atom stereocenters. The number of hydrogen-bond donors (Lipinski definition) is 0. The number of carbonyl (C=O) groups is 2. The number of rotatable bonds is 7. The Bertz CT molecular complexity index is 1440. The van der Waals surface area contributed by atoms with Crippen molar-refractivity contribution < 1.29 is 23.1 Å². The van der Waals surface area contributed by atoms with Crippen LogP contribution in [-0.2, 0) is 33.6 Å². The number of amides is 1. The summed E-state index contributed by atoms with van der Waals surface area (Å²) in [6.45, 7) is 16.5. The van der Waals surface area contributed by atoms with E-state index in [9.17, 15) is 18.4 Å². The van der Waals surface area contributed by atoms with Crippen LogP contribution < -0.4 is 0 Å². The predicted molar refractivity (Wildman–Crippen MR) is 184 cm³/mol. The van der Waals surface area contributed by atoms with Gasteiger partial charge >= 0.3 is 5.97 Å². The standard InChI is InChI=1S/C39H53ClF2N2O3/c1-24(30(37(46)47-39(5,6)7)19-25-13-14-27-10-8-11-28(27)18-25)26-12-9-16-43(17-15-26)36(45)32-23-44(38(2,3)4)22-31(32)29-20-33(41)35(40)34(42)21-29/h13-14,18,20-21,24,26,30-32H,8-12,15-17,19,22-23H2,1-7H3/t24?,26?,30-,31?,32?/m1/s1. The molecule has 2 fully saturated rings. The monoisotopic (exact) mass is 670 g/mol. The summed E-state index contributed by atoms with van der Waals surface area (Å²) in [5, 5.41) is -0.518. The van der Waals surface area contributed by atoms with Crippen LogP contribution in [0.1, 0.15) is 102 Å². The van der Waals surface area contributed by atoms with Gasteiger partial charge in [0.15, 0.2) is 0 Å². The van der Waals surface area contributed by atoms with E-state index >= 15 is 0 Å². The highest BCUT2D eigenvalue weighted by atomic mass is 35.5. The second-order valence-corrected chi connectivity index (χ2v) is 16.6. The minimum Gasteiger partial charge on any atom is -0.460 e. The maximum absolute atomic E-state index is 14.6. The normalized spacial score (nSPS) is 23.7. The average molecular weight is 671 g/mol. The highest BCUT2D eigenvalue weighted by Gasteiger charge is 2.44. The maximum atomic E-state index is 14.6. The zero-order valence-electron chi connectivity index (χ0n) is 29.3. The lowest BCUT2D eigenvalue weighted by molar-refractivity contribution is -0.162. The van der Waals surface area contributed by atoms with Crippen LogP contribution in [0.4, 0.5) is 8.78 Å². The van der Waals surface area contributed by atoms with Crippen LogP contribution in [-0.4, -0.2) is 59.0 Å². The summed E-state index contributed by atoms with van der Waals surface area (Å²) >= 11 is 5.81. The Morgan fingerprint density at radius 2 is 1.62 bits per heavy atom. The number of nitrogens with zero attached hydrogens (tertiary/aromatic N) is 2. The van der Waals surface area contributed by atoms with Crippen molar-refractivity contribution in [2.24, 2.45) is 23.7 Å². The van der Waals surface area contributed by atoms with Gasteiger partial charge in [0.25, 0.3) is 0 Å². The molecule has 2 saturated heterocycles. The molecule has 0 aromatic heterocycles. The van der Waals surface area contributed by atoms with Crippen LogP contribution in [0.15, 0.2) is 30.3 Å². The van der Waals surface area contributed by atoms with Crippen molar-refractivity contribution >= 4 is 23.5 Å². The van der Waals surface area contributed by atoms with Gasteiger partial charge in [0.05, 0.1) is 11.8 Å². The van der Waals surface area contributed by atoms with Crippen molar-refractivity contribution in [3.63, 3.8) is 0 Å². The van der Waals surface area contributed by atoms with Crippen LogP contribution >= 0.6 is 11.6 Å². The molecule has 0 radical (unpaired) electrons. The SMILES string of the molecule is CC(C1CCCN(C(=O)C2CN(C(C)(C)C)CC2c2cc(F)c(Cl)c(F)c2)CC1)[C@@H](Cc1ccc2c(c1)CCC2)C(=O)OC(C)(C)C. The van der Waals surface area contributed by atoms with Crippen LogP contribution in [0.2, 0.25) is 5.02 Å². The Kier molecular flexibility index (Phi) is 10.8. The molecule has 2 heterocycles. The highest BCUT2D eigenvalue weighted by molar-refractivity contribution is 6.30. The van der Waals surface area contributed by atoms with E-state index in [1.165, 1.54) is 35.2 Å². The van der Waals surface area contributed by atoms with E-state index in [1.807, 2.05) is 25.7 Å². The largest absolute Gasteiger partial charge is 0.460 e. The van der Waals surface area contributed by atoms with Crippen molar-refractivity contribution in [1.82, 2.24) is 9.80 Å². The molecule has 2 aliphatic heterocycles. The predicted octanol–water partition coefficient (Wildman–Crippen LogP) is 8.39. The van der Waals surface area contributed by atoms with Gasteiger partial charge in [-0.1, -0.05) is 36.7 Å². The topological polar surface area (TPSA) is 49.9 Å². The zero-order chi connectivity index (χ0) is 34.3. The van der Waals surface area contributed by atoms with E-state index in [-0.39, 0.29) is 41.1 Å². The zero-order valence-corrected chi connectivity index (χ0v) is 30.1. The lowest BCUT2D eigenvalue weighted by Crippen LogP contribution is -2.42. The molecule has 8 heteroatoms. The summed E-state index contributed by atoms with van der Waals surface area (Å²) in [6.07, 6.45) is 6.60. The fourth-order valence-corrected chi connectivity index (χ4v) is 8.14. The van der Waals surface area contributed by atoms with Crippen molar-refractivity contribution in [2.45, 2.75) is 110 Å². The van der Waals surface area contributed by atoms with Gasteiger partial charge in [0, 0.05) is 37.6 Å². The molecular weight excluding hydrogens is 618 g/mol.